The fourth-order valence-corrected chi connectivity index (χ4v) is 2.84. The molecule has 0 bridgehead atoms. The first-order valence-electron chi connectivity index (χ1n) is 7.18. The van der Waals surface area contributed by atoms with E-state index in [0.717, 1.165) is 29.5 Å². The molecule has 0 aliphatic rings. The molecule has 0 fully saturated rings. The molecule has 2 aromatic rings. The number of rotatable bonds is 8. The van der Waals surface area contributed by atoms with Gasteiger partial charge >= 0.3 is 5.69 Å². The summed E-state index contributed by atoms with van der Waals surface area (Å²) in [7, 11) is 0. The van der Waals surface area contributed by atoms with E-state index in [1.807, 2.05) is 38.1 Å². The van der Waals surface area contributed by atoms with E-state index in [-0.39, 0.29) is 5.69 Å². The Balaban J connectivity index is 1.74. The van der Waals surface area contributed by atoms with Crippen molar-refractivity contribution < 1.29 is 4.74 Å². The number of ether oxygens (including phenoxy) is 1. The van der Waals surface area contributed by atoms with Crippen molar-refractivity contribution in [3.8, 4) is 5.75 Å². The summed E-state index contributed by atoms with van der Waals surface area (Å²) in [5, 5.41) is 7.31. The fraction of sp³-hybridized carbons (Fsp3) is 0.467. The molecule has 1 heterocycles. The number of hydrogen-bond acceptors (Lipinski definition) is 4. The van der Waals surface area contributed by atoms with Gasteiger partial charge in [0.05, 0.1) is 6.61 Å². The number of nitrogens with zero attached hydrogens (tertiary/aromatic N) is 2. The van der Waals surface area contributed by atoms with Crippen LogP contribution in [0.15, 0.2) is 34.2 Å². The first-order valence-corrected chi connectivity index (χ1v) is 8.16. The summed E-state index contributed by atoms with van der Waals surface area (Å²) in [6, 6.07) is 8.03. The normalized spacial score (nSPS) is 10.8. The highest BCUT2D eigenvalue weighted by Crippen LogP contribution is 2.16. The Morgan fingerprint density at radius 1 is 1.43 bits per heavy atom. The zero-order chi connectivity index (χ0) is 15.1. The minimum atomic E-state index is -0.129. The van der Waals surface area contributed by atoms with Crippen molar-refractivity contribution in [3.63, 3.8) is 0 Å². The molecule has 0 radical (unpaired) electrons. The maximum atomic E-state index is 11.5. The van der Waals surface area contributed by atoms with E-state index in [4.69, 9.17) is 4.74 Å². The molecule has 114 valence electrons. The van der Waals surface area contributed by atoms with Crippen molar-refractivity contribution >= 4 is 11.8 Å². The number of hydrogen-bond donors (Lipinski definition) is 1. The third kappa shape index (κ3) is 4.67. The molecule has 5 nitrogen and oxygen atoms in total. The highest BCUT2D eigenvalue weighted by molar-refractivity contribution is 7.99. The van der Waals surface area contributed by atoms with Crippen LogP contribution in [0.25, 0.3) is 0 Å². The lowest BCUT2D eigenvalue weighted by atomic mass is 10.2. The van der Waals surface area contributed by atoms with E-state index >= 15 is 0 Å². The van der Waals surface area contributed by atoms with Gasteiger partial charge in [-0.05, 0) is 37.5 Å². The Bertz CT molecular complexity index is 621. The quantitative estimate of drug-likeness (QED) is 0.602. The molecule has 6 heteroatoms. The summed E-state index contributed by atoms with van der Waals surface area (Å²) < 4.78 is 7.38. The molecule has 0 amide bonds. The minimum absolute atomic E-state index is 0.129. The summed E-state index contributed by atoms with van der Waals surface area (Å²) in [4.78, 5) is 11.5. The lowest BCUT2D eigenvalue weighted by Gasteiger charge is -2.07. The maximum absolute atomic E-state index is 11.5. The number of aromatic nitrogens is 3. The van der Waals surface area contributed by atoms with Gasteiger partial charge in [0.15, 0.2) is 5.16 Å². The topological polar surface area (TPSA) is 59.9 Å². The van der Waals surface area contributed by atoms with Crippen LogP contribution in [0.4, 0.5) is 0 Å². The maximum Gasteiger partial charge on any atom is 0.343 e. The predicted molar refractivity (Wildman–Crippen MR) is 85.2 cm³/mol. The van der Waals surface area contributed by atoms with Crippen LogP contribution in [0.1, 0.15) is 25.3 Å². The average molecular weight is 307 g/mol. The molecule has 1 aromatic carbocycles. The van der Waals surface area contributed by atoms with Crippen LogP contribution in [-0.4, -0.2) is 27.1 Å². The van der Waals surface area contributed by atoms with Gasteiger partial charge in [0.25, 0.3) is 0 Å². The third-order valence-corrected chi connectivity index (χ3v) is 4.01. The number of aryl methyl sites for hydroxylation is 1. The largest absolute Gasteiger partial charge is 0.494 e. The van der Waals surface area contributed by atoms with Gasteiger partial charge in [0.2, 0.25) is 0 Å². The number of H-pyrrole nitrogens is 1. The van der Waals surface area contributed by atoms with Gasteiger partial charge in [-0.2, -0.15) is 0 Å². The van der Waals surface area contributed by atoms with Crippen LogP contribution in [-0.2, 0) is 6.54 Å². The van der Waals surface area contributed by atoms with Crippen LogP contribution in [0, 0.1) is 6.92 Å². The summed E-state index contributed by atoms with van der Waals surface area (Å²) in [5.41, 5.74) is 1.07. The molecular weight excluding hydrogens is 286 g/mol. The van der Waals surface area contributed by atoms with Crippen molar-refractivity contribution in [2.75, 3.05) is 12.4 Å². The highest BCUT2D eigenvalue weighted by atomic mass is 32.2. The molecule has 0 saturated carbocycles. The van der Waals surface area contributed by atoms with Gasteiger partial charge in [-0.25, -0.2) is 9.89 Å². The van der Waals surface area contributed by atoms with Crippen molar-refractivity contribution in [2.24, 2.45) is 0 Å². The fourth-order valence-electron chi connectivity index (χ4n) is 1.95. The number of aromatic amines is 1. The first kappa shape index (κ1) is 15.7. The van der Waals surface area contributed by atoms with Crippen LogP contribution >= 0.6 is 11.8 Å². The molecule has 0 atom stereocenters. The summed E-state index contributed by atoms with van der Waals surface area (Å²) in [6.07, 6.45) is 1.83. The number of nitrogens with one attached hydrogen (secondary N) is 1. The van der Waals surface area contributed by atoms with Crippen LogP contribution < -0.4 is 10.4 Å². The highest BCUT2D eigenvalue weighted by Gasteiger charge is 2.07. The molecule has 0 aliphatic heterocycles. The Kier molecular flexibility index (Phi) is 5.92. The number of thioether (sulfide) groups is 1. The van der Waals surface area contributed by atoms with Gasteiger partial charge in [-0.1, -0.05) is 30.8 Å². The Morgan fingerprint density at radius 3 is 3.05 bits per heavy atom. The van der Waals surface area contributed by atoms with Crippen LogP contribution in [0.3, 0.4) is 0 Å². The molecule has 2 rings (SSSR count). The number of benzene rings is 1. The Morgan fingerprint density at radius 2 is 2.29 bits per heavy atom. The van der Waals surface area contributed by atoms with Gasteiger partial charge in [-0.15, -0.1) is 5.10 Å². The van der Waals surface area contributed by atoms with E-state index in [2.05, 4.69) is 10.2 Å². The second-order valence-corrected chi connectivity index (χ2v) is 5.89. The van der Waals surface area contributed by atoms with Gasteiger partial charge in [0.1, 0.15) is 5.75 Å². The van der Waals surface area contributed by atoms with Crippen LogP contribution in [0.5, 0.6) is 5.75 Å². The monoisotopic (exact) mass is 307 g/mol. The Labute approximate surface area is 128 Å². The van der Waals surface area contributed by atoms with Gasteiger partial charge in [0, 0.05) is 12.3 Å². The summed E-state index contributed by atoms with van der Waals surface area (Å²) in [5.74, 6) is 1.78. The predicted octanol–water partition coefficient (Wildman–Crippen LogP) is 2.85. The van der Waals surface area contributed by atoms with E-state index in [1.165, 1.54) is 5.56 Å². The van der Waals surface area contributed by atoms with E-state index < -0.39 is 0 Å². The molecule has 0 aliphatic carbocycles. The lowest BCUT2D eigenvalue weighted by molar-refractivity contribution is 0.318. The molecule has 0 unspecified atom stereocenters. The zero-order valence-electron chi connectivity index (χ0n) is 12.5. The van der Waals surface area contributed by atoms with Gasteiger partial charge in [-0.3, -0.25) is 4.57 Å². The second-order valence-electron chi connectivity index (χ2n) is 4.83. The van der Waals surface area contributed by atoms with Crippen molar-refractivity contribution in [1.29, 1.82) is 0 Å². The zero-order valence-corrected chi connectivity index (χ0v) is 13.3. The second kappa shape index (κ2) is 7.93. The van der Waals surface area contributed by atoms with Crippen molar-refractivity contribution in [1.82, 2.24) is 14.8 Å². The standard InChI is InChI=1S/C15H21N3O2S/c1-3-8-18-14(19)16-17-15(18)21-10-5-9-20-13-7-4-6-12(2)11-13/h4,6-7,11H,3,5,8-10H2,1-2H3,(H,16,19). The summed E-state index contributed by atoms with van der Waals surface area (Å²) >= 11 is 1.59. The minimum Gasteiger partial charge on any atom is -0.494 e. The van der Waals surface area contributed by atoms with Crippen molar-refractivity contribution in [2.45, 2.75) is 38.4 Å². The molecule has 1 aromatic heterocycles. The smallest absolute Gasteiger partial charge is 0.343 e. The first-order chi connectivity index (χ1) is 10.2. The molecule has 0 spiro atoms. The molecular formula is C15H21N3O2S. The van der Waals surface area contributed by atoms with E-state index in [1.54, 1.807) is 16.3 Å². The van der Waals surface area contributed by atoms with Gasteiger partial charge < -0.3 is 4.74 Å². The molecule has 1 N–H and O–H groups in total. The van der Waals surface area contributed by atoms with E-state index in [9.17, 15) is 4.79 Å². The molecule has 0 saturated heterocycles. The van der Waals surface area contributed by atoms with Crippen molar-refractivity contribution in [3.05, 3.63) is 40.3 Å². The SMILES string of the molecule is CCCn1c(SCCCOc2cccc(C)c2)n[nH]c1=O. The lowest BCUT2D eigenvalue weighted by Crippen LogP contribution is -2.17. The summed E-state index contributed by atoms with van der Waals surface area (Å²) in [6.45, 7) is 5.47. The third-order valence-electron chi connectivity index (χ3n) is 2.95. The Hall–Kier alpha value is -1.69. The average Bonchev–Trinajstić information content (AvgIpc) is 2.80. The van der Waals surface area contributed by atoms with E-state index in [0.29, 0.717) is 13.2 Å². The van der Waals surface area contributed by atoms with Crippen LogP contribution in [0.2, 0.25) is 0 Å². The molecule has 21 heavy (non-hydrogen) atoms.